The molecule has 0 amide bonds. The van der Waals surface area contributed by atoms with Crippen LogP contribution in [0.25, 0.3) is 0 Å². The molecule has 0 aliphatic carbocycles. The Bertz CT molecular complexity index is 992. The van der Waals surface area contributed by atoms with Gasteiger partial charge in [-0.2, -0.15) is 0 Å². The van der Waals surface area contributed by atoms with E-state index >= 15 is 0 Å². The Labute approximate surface area is 175 Å². The number of carbonyl (C=O) groups excluding carboxylic acids is 1. The van der Waals surface area contributed by atoms with E-state index in [1.165, 1.54) is 11.8 Å². The van der Waals surface area contributed by atoms with Gasteiger partial charge in [-0.3, -0.25) is 4.79 Å². The Balaban J connectivity index is 1.60. The first kappa shape index (κ1) is 21.0. The van der Waals surface area contributed by atoms with Crippen LogP contribution >= 0.6 is 11.8 Å². The van der Waals surface area contributed by atoms with Crippen LogP contribution in [-0.2, 0) is 20.2 Å². The number of ketones is 1. The normalized spacial score (nSPS) is 10.9. The predicted octanol–water partition coefficient (Wildman–Crippen LogP) is 3.82. The van der Waals surface area contributed by atoms with E-state index in [0.29, 0.717) is 23.3 Å². The third-order valence-corrected chi connectivity index (χ3v) is 5.90. The van der Waals surface area contributed by atoms with Crippen LogP contribution in [0.4, 0.5) is 0 Å². The molecule has 2 heterocycles. The Morgan fingerprint density at radius 3 is 2.45 bits per heavy atom. The molecule has 0 radical (unpaired) electrons. The van der Waals surface area contributed by atoms with E-state index in [1.807, 2.05) is 55.8 Å². The SMILES string of the molecule is CCn1c(C)cc(C(=O)CSc2nnc(COc3ccc(OC)cc3)n2C)c1C. The van der Waals surface area contributed by atoms with Gasteiger partial charge in [-0.25, -0.2) is 0 Å². The molecular formula is C21H26N4O3S. The van der Waals surface area contributed by atoms with Crippen LogP contribution in [0.5, 0.6) is 11.5 Å². The summed E-state index contributed by atoms with van der Waals surface area (Å²) >= 11 is 1.39. The second-order valence-corrected chi connectivity index (χ2v) is 7.61. The number of hydrogen-bond donors (Lipinski definition) is 0. The van der Waals surface area contributed by atoms with Gasteiger partial charge in [0.2, 0.25) is 0 Å². The minimum absolute atomic E-state index is 0.0989. The maximum Gasteiger partial charge on any atom is 0.191 e. The van der Waals surface area contributed by atoms with Gasteiger partial charge < -0.3 is 18.6 Å². The zero-order chi connectivity index (χ0) is 21.0. The molecule has 29 heavy (non-hydrogen) atoms. The van der Waals surface area contributed by atoms with Crippen molar-refractivity contribution < 1.29 is 14.3 Å². The number of aromatic nitrogens is 4. The molecule has 0 bridgehead atoms. The zero-order valence-electron chi connectivity index (χ0n) is 17.4. The minimum Gasteiger partial charge on any atom is -0.497 e. The summed E-state index contributed by atoms with van der Waals surface area (Å²) in [4.78, 5) is 12.7. The van der Waals surface area contributed by atoms with Crippen LogP contribution in [0.1, 0.15) is 34.5 Å². The van der Waals surface area contributed by atoms with Gasteiger partial charge in [0.15, 0.2) is 16.8 Å². The number of Topliss-reactive ketones (excluding diaryl/α,β-unsaturated/α-hetero) is 1. The average Bonchev–Trinajstić information content (AvgIpc) is 3.23. The largest absolute Gasteiger partial charge is 0.497 e. The number of benzene rings is 1. The number of thioether (sulfide) groups is 1. The molecule has 0 N–H and O–H groups in total. The molecule has 2 aromatic heterocycles. The van der Waals surface area contributed by atoms with Crippen molar-refractivity contribution in [1.29, 1.82) is 0 Å². The van der Waals surface area contributed by atoms with Crippen LogP contribution in [0.3, 0.4) is 0 Å². The monoisotopic (exact) mass is 414 g/mol. The maximum absolute atomic E-state index is 12.7. The Morgan fingerprint density at radius 2 is 1.83 bits per heavy atom. The molecule has 7 nitrogen and oxygen atoms in total. The summed E-state index contributed by atoms with van der Waals surface area (Å²) in [5.41, 5.74) is 2.90. The summed E-state index contributed by atoms with van der Waals surface area (Å²) in [7, 11) is 3.50. The summed E-state index contributed by atoms with van der Waals surface area (Å²) < 4.78 is 14.9. The molecule has 0 unspecified atom stereocenters. The van der Waals surface area contributed by atoms with Crippen LogP contribution in [0.15, 0.2) is 35.5 Å². The molecule has 3 aromatic rings. The van der Waals surface area contributed by atoms with Crippen LogP contribution in [0, 0.1) is 13.8 Å². The van der Waals surface area contributed by atoms with E-state index in [9.17, 15) is 4.79 Å². The fourth-order valence-electron chi connectivity index (χ4n) is 3.19. The Hall–Kier alpha value is -2.74. The van der Waals surface area contributed by atoms with Crippen LogP contribution in [-0.4, -0.2) is 38.0 Å². The molecule has 1 aromatic carbocycles. The highest BCUT2D eigenvalue weighted by Crippen LogP contribution is 2.22. The highest BCUT2D eigenvalue weighted by molar-refractivity contribution is 7.99. The number of rotatable bonds is 9. The van der Waals surface area contributed by atoms with Crippen molar-refractivity contribution in [2.24, 2.45) is 7.05 Å². The number of aryl methyl sites for hydroxylation is 1. The smallest absolute Gasteiger partial charge is 0.191 e. The number of ether oxygens (including phenoxy) is 2. The van der Waals surface area contributed by atoms with Crippen molar-refractivity contribution in [3.8, 4) is 11.5 Å². The number of methoxy groups -OCH3 is 1. The molecule has 0 spiro atoms. The first-order valence-corrected chi connectivity index (χ1v) is 10.4. The molecule has 154 valence electrons. The van der Waals surface area contributed by atoms with Gasteiger partial charge in [0.25, 0.3) is 0 Å². The third-order valence-electron chi connectivity index (χ3n) is 4.88. The fourth-order valence-corrected chi connectivity index (χ4v) is 4.01. The first-order chi connectivity index (χ1) is 13.9. The molecule has 0 saturated heterocycles. The standard InChI is InChI=1S/C21H26N4O3S/c1-6-25-14(2)11-18(15(25)3)19(26)13-29-21-23-22-20(24(21)4)12-28-17-9-7-16(27-5)8-10-17/h7-11H,6,12-13H2,1-5H3. The van der Waals surface area contributed by atoms with E-state index in [0.717, 1.165) is 35.0 Å². The average molecular weight is 415 g/mol. The lowest BCUT2D eigenvalue weighted by Gasteiger charge is -2.07. The van der Waals surface area contributed by atoms with Crippen LogP contribution < -0.4 is 9.47 Å². The fraction of sp³-hybridized carbons (Fsp3) is 0.381. The van der Waals surface area contributed by atoms with Gasteiger partial charge >= 0.3 is 0 Å². The van der Waals surface area contributed by atoms with Crippen molar-refractivity contribution >= 4 is 17.5 Å². The Kier molecular flexibility index (Phi) is 6.64. The van der Waals surface area contributed by atoms with Crippen LogP contribution in [0.2, 0.25) is 0 Å². The second kappa shape index (κ2) is 9.17. The Morgan fingerprint density at radius 1 is 1.14 bits per heavy atom. The van der Waals surface area contributed by atoms with Crippen molar-refractivity contribution in [2.45, 2.75) is 39.1 Å². The molecule has 0 saturated carbocycles. The zero-order valence-corrected chi connectivity index (χ0v) is 18.2. The van der Waals surface area contributed by atoms with E-state index < -0.39 is 0 Å². The first-order valence-electron chi connectivity index (χ1n) is 9.42. The van der Waals surface area contributed by atoms with E-state index in [1.54, 1.807) is 7.11 Å². The van der Waals surface area contributed by atoms with Gasteiger partial charge in [0, 0.05) is 30.5 Å². The summed E-state index contributed by atoms with van der Waals surface area (Å²) in [6.45, 7) is 7.25. The van der Waals surface area contributed by atoms with E-state index in [-0.39, 0.29) is 5.78 Å². The number of hydrogen-bond acceptors (Lipinski definition) is 6. The molecule has 0 aliphatic heterocycles. The van der Waals surface area contributed by atoms with Gasteiger partial charge in [0.1, 0.15) is 18.1 Å². The van der Waals surface area contributed by atoms with Crippen molar-refractivity contribution in [2.75, 3.05) is 12.9 Å². The van der Waals surface area contributed by atoms with E-state index in [2.05, 4.69) is 21.7 Å². The summed E-state index contributed by atoms with van der Waals surface area (Å²) in [5, 5.41) is 9.08. The molecule has 8 heteroatoms. The molecule has 0 atom stereocenters. The lowest BCUT2D eigenvalue weighted by atomic mass is 10.2. The lowest BCUT2D eigenvalue weighted by Crippen LogP contribution is -2.07. The highest BCUT2D eigenvalue weighted by atomic mass is 32.2. The van der Waals surface area contributed by atoms with Gasteiger partial charge in [0.05, 0.1) is 12.9 Å². The molecule has 0 fully saturated rings. The molecule has 3 rings (SSSR count). The van der Waals surface area contributed by atoms with Gasteiger partial charge in [-0.05, 0) is 51.1 Å². The lowest BCUT2D eigenvalue weighted by molar-refractivity contribution is 0.102. The number of nitrogens with zero attached hydrogens (tertiary/aromatic N) is 4. The topological polar surface area (TPSA) is 71.2 Å². The summed E-state index contributed by atoms with van der Waals surface area (Å²) in [6.07, 6.45) is 0. The summed E-state index contributed by atoms with van der Waals surface area (Å²) in [5.74, 6) is 2.62. The minimum atomic E-state index is 0.0989. The molecule has 0 aliphatic rings. The maximum atomic E-state index is 12.7. The van der Waals surface area contributed by atoms with Crippen molar-refractivity contribution in [3.63, 3.8) is 0 Å². The van der Waals surface area contributed by atoms with Gasteiger partial charge in [-0.15, -0.1) is 10.2 Å². The van der Waals surface area contributed by atoms with Crippen molar-refractivity contribution in [3.05, 3.63) is 53.1 Å². The predicted molar refractivity (Wildman–Crippen MR) is 113 cm³/mol. The van der Waals surface area contributed by atoms with Gasteiger partial charge in [-0.1, -0.05) is 11.8 Å². The van der Waals surface area contributed by atoms with E-state index in [4.69, 9.17) is 9.47 Å². The molecular weight excluding hydrogens is 388 g/mol. The quantitative estimate of drug-likeness (QED) is 0.392. The third kappa shape index (κ3) is 4.64. The second-order valence-electron chi connectivity index (χ2n) is 6.66. The highest BCUT2D eigenvalue weighted by Gasteiger charge is 2.17. The van der Waals surface area contributed by atoms with Crippen molar-refractivity contribution in [1.82, 2.24) is 19.3 Å². The summed E-state index contributed by atoms with van der Waals surface area (Å²) in [6, 6.07) is 9.34. The number of carbonyl (C=O) groups is 1.